The highest BCUT2D eigenvalue weighted by Crippen LogP contribution is 2.10. The summed E-state index contributed by atoms with van der Waals surface area (Å²) in [7, 11) is 1.68. The molecule has 0 aromatic carbocycles. The number of rotatable bonds is 4. The summed E-state index contributed by atoms with van der Waals surface area (Å²) in [6, 6.07) is 0.432. The molecule has 1 atom stereocenters. The van der Waals surface area contributed by atoms with Gasteiger partial charge in [-0.2, -0.15) is 0 Å². The molecule has 0 amide bonds. The molecular weight excluding hydrogens is 224 g/mol. The molecule has 1 unspecified atom stereocenters. The molecule has 1 aliphatic heterocycles. The van der Waals surface area contributed by atoms with Crippen molar-refractivity contribution in [1.82, 2.24) is 15.6 Å². The second-order valence-corrected chi connectivity index (χ2v) is 4.70. The van der Waals surface area contributed by atoms with Crippen molar-refractivity contribution in [2.24, 2.45) is 4.99 Å². The lowest BCUT2D eigenvalue weighted by atomic mass is 10.4. The molecule has 0 spiro atoms. The van der Waals surface area contributed by atoms with Crippen molar-refractivity contribution in [3.05, 3.63) is 16.1 Å². The minimum Gasteiger partial charge on any atom is -0.378 e. The van der Waals surface area contributed by atoms with Gasteiger partial charge in [-0.15, -0.1) is 11.3 Å². The Morgan fingerprint density at radius 1 is 1.69 bits per heavy atom. The lowest BCUT2D eigenvalue weighted by Crippen LogP contribution is -2.37. The number of nitrogens with one attached hydrogen (secondary N) is 2. The minimum absolute atomic E-state index is 0.432. The van der Waals surface area contributed by atoms with E-state index in [0.717, 1.165) is 23.2 Å². The summed E-state index contributed by atoms with van der Waals surface area (Å²) in [6.07, 6.45) is 0. The van der Waals surface area contributed by atoms with Crippen LogP contribution >= 0.6 is 11.3 Å². The summed E-state index contributed by atoms with van der Waals surface area (Å²) in [6.45, 7) is 4.24. The Kier molecular flexibility index (Phi) is 3.74. The predicted molar refractivity (Wildman–Crippen MR) is 64.6 cm³/mol. The highest BCUT2D eigenvalue weighted by atomic mass is 32.1. The third kappa shape index (κ3) is 2.93. The number of guanidine groups is 1. The van der Waals surface area contributed by atoms with Gasteiger partial charge in [-0.3, -0.25) is 4.99 Å². The van der Waals surface area contributed by atoms with Crippen molar-refractivity contribution in [1.29, 1.82) is 0 Å². The molecule has 0 saturated carbocycles. The third-order valence-electron chi connectivity index (χ3n) is 2.21. The molecule has 6 heteroatoms. The number of aliphatic imine (C=N–C) groups is 1. The Labute approximate surface area is 98.9 Å². The van der Waals surface area contributed by atoms with Crippen LogP contribution in [0.2, 0.25) is 0 Å². The lowest BCUT2D eigenvalue weighted by molar-refractivity contribution is 0.184. The summed E-state index contributed by atoms with van der Waals surface area (Å²) >= 11 is 1.62. The van der Waals surface area contributed by atoms with Gasteiger partial charge in [-0.1, -0.05) is 0 Å². The largest absolute Gasteiger partial charge is 0.378 e. The Morgan fingerprint density at radius 3 is 3.25 bits per heavy atom. The van der Waals surface area contributed by atoms with Gasteiger partial charge in [0.2, 0.25) is 0 Å². The van der Waals surface area contributed by atoms with E-state index < -0.39 is 0 Å². The smallest absolute Gasteiger partial charge is 0.191 e. The van der Waals surface area contributed by atoms with Gasteiger partial charge in [0.05, 0.1) is 25.4 Å². The average molecular weight is 240 g/mol. The maximum Gasteiger partial charge on any atom is 0.191 e. The van der Waals surface area contributed by atoms with Crippen molar-refractivity contribution in [2.45, 2.75) is 26.1 Å². The fraction of sp³-hybridized carbons (Fsp3) is 0.600. The van der Waals surface area contributed by atoms with Crippen LogP contribution in [0.4, 0.5) is 0 Å². The molecule has 1 aromatic heterocycles. The molecule has 2 N–H and O–H groups in total. The molecule has 16 heavy (non-hydrogen) atoms. The van der Waals surface area contributed by atoms with Crippen LogP contribution in [0.25, 0.3) is 0 Å². The Hall–Kier alpha value is -1.14. The molecule has 5 nitrogen and oxygen atoms in total. The van der Waals surface area contributed by atoms with E-state index in [1.54, 1.807) is 18.4 Å². The van der Waals surface area contributed by atoms with E-state index in [4.69, 9.17) is 4.74 Å². The van der Waals surface area contributed by atoms with Crippen LogP contribution in [0.3, 0.4) is 0 Å². The Bertz CT molecular complexity index is 377. The van der Waals surface area contributed by atoms with Gasteiger partial charge in [0.15, 0.2) is 5.96 Å². The monoisotopic (exact) mass is 240 g/mol. The van der Waals surface area contributed by atoms with Gasteiger partial charge < -0.3 is 15.4 Å². The zero-order valence-corrected chi connectivity index (χ0v) is 10.3. The van der Waals surface area contributed by atoms with Crippen LogP contribution in [0, 0.1) is 0 Å². The van der Waals surface area contributed by atoms with E-state index in [0.29, 0.717) is 19.2 Å². The Morgan fingerprint density at radius 2 is 2.56 bits per heavy atom. The second kappa shape index (κ2) is 5.27. The molecule has 1 aliphatic rings. The zero-order chi connectivity index (χ0) is 11.4. The molecule has 0 bridgehead atoms. The number of thiazole rings is 1. The van der Waals surface area contributed by atoms with Crippen LogP contribution in [-0.4, -0.2) is 30.6 Å². The number of methoxy groups -OCH3 is 1. The van der Waals surface area contributed by atoms with E-state index >= 15 is 0 Å². The van der Waals surface area contributed by atoms with Crippen molar-refractivity contribution >= 4 is 17.3 Å². The molecule has 88 valence electrons. The number of hydrogen-bond acceptors (Lipinski definition) is 6. The highest BCUT2D eigenvalue weighted by Gasteiger charge is 2.12. The second-order valence-electron chi connectivity index (χ2n) is 3.75. The van der Waals surface area contributed by atoms with Crippen LogP contribution in [-0.2, 0) is 17.9 Å². The first kappa shape index (κ1) is 11.3. The van der Waals surface area contributed by atoms with Crippen LogP contribution in [0.5, 0.6) is 0 Å². The highest BCUT2D eigenvalue weighted by molar-refractivity contribution is 7.09. The fourth-order valence-electron chi connectivity index (χ4n) is 1.45. The summed E-state index contributed by atoms with van der Waals surface area (Å²) < 4.78 is 5.02. The molecule has 1 aromatic rings. The van der Waals surface area contributed by atoms with E-state index in [1.807, 2.05) is 5.38 Å². The zero-order valence-electron chi connectivity index (χ0n) is 9.49. The van der Waals surface area contributed by atoms with Gasteiger partial charge in [0, 0.05) is 18.5 Å². The normalized spacial score (nSPS) is 19.4. The van der Waals surface area contributed by atoms with Gasteiger partial charge in [-0.25, -0.2) is 4.98 Å². The summed E-state index contributed by atoms with van der Waals surface area (Å²) in [4.78, 5) is 8.75. The Balaban J connectivity index is 1.80. The topological polar surface area (TPSA) is 58.5 Å². The van der Waals surface area contributed by atoms with E-state index in [9.17, 15) is 0 Å². The van der Waals surface area contributed by atoms with E-state index in [-0.39, 0.29) is 0 Å². The number of ether oxygens (including phenoxy) is 1. The average Bonchev–Trinajstić information content (AvgIpc) is 2.85. The van der Waals surface area contributed by atoms with Crippen molar-refractivity contribution in [2.75, 3.05) is 13.7 Å². The number of hydrogen-bond donors (Lipinski definition) is 2. The number of nitrogens with zero attached hydrogens (tertiary/aromatic N) is 2. The minimum atomic E-state index is 0.432. The van der Waals surface area contributed by atoms with Gasteiger partial charge in [-0.05, 0) is 6.92 Å². The maximum absolute atomic E-state index is 5.02. The van der Waals surface area contributed by atoms with Crippen molar-refractivity contribution in [3.8, 4) is 0 Å². The molecule has 0 saturated heterocycles. The van der Waals surface area contributed by atoms with Crippen LogP contribution < -0.4 is 10.6 Å². The van der Waals surface area contributed by atoms with Gasteiger partial charge in [0.1, 0.15) is 5.01 Å². The first-order valence-corrected chi connectivity index (χ1v) is 6.13. The molecule has 0 fully saturated rings. The summed E-state index contributed by atoms with van der Waals surface area (Å²) in [5.41, 5.74) is 1.03. The van der Waals surface area contributed by atoms with Crippen LogP contribution in [0.15, 0.2) is 10.4 Å². The van der Waals surface area contributed by atoms with Crippen molar-refractivity contribution in [3.63, 3.8) is 0 Å². The predicted octanol–water partition coefficient (Wildman–Crippen LogP) is 0.727. The number of aromatic nitrogens is 1. The molecule has 2 heterocycles. The SMILES string of the molecule is COCc1nc(CNC2=NCC(C)N2)cs1. The quantitative estimate of drug-likeness (QED) is 0.814. The van der Waals surface area contributed by atoms with Gasteiger partial charge in [0.25, 0.3) is 0 Å². The first-order valence-electron chi connectivity index (χ1n) is 5.25. The lowest BCUT2D eigenvalue weighted by Gasteiger charge is -2.06. The summed E-state index contributed by atoms with van der Waals surface area (Å²) in [5.74, 6) is 0.869. The standard InChI is InChI=1S/C10H16N4OS/c1-7-3-11-10(13-7)12-4-8-6-16-9(14-8)5-15-2/h6-7H,3-5H2,1-2H3,(H2,11,12,13). The molecular formula is C10H16N4OS. The van der Waals surface area contributed by atoms with Crippen LogP contribution in [0.1, 0.15) is 17.6 Å². The van der Waals surface area contributed by atoms with E-state index in [1.165, 1.54) is 0 Å². The van der Waals surface area contributed by atoms with Gasteiger partial charge >= 0.3 is 0 Å². The first-order chi connectivity index (χ1) is 7.78. The van der Waals surface area contributed by atoms with E-state index in [2.05, 4.69) is 27.5 Å². The molecule has 2 rings (SSSR count). The third-order valence-corrected chi connectivity index (χ3v) is 3.08. The fourth-order valence-corrected chi connectivity index (χ4v) is 2.22. The molecule has 0 aliphatic carbocycles. The van der Waals surface area contributed by atoms with Crippen molar-refractivity contribution < 1.29 is 4.74 Å². The molecule has 0 radical (unpaired) electrons. The summed E-state index contributed by atoms with van der Waals surface area (Å²) in [5, 5.41) is 9.52. The maximum atomic E-state index is 5.02.